The lowest BCUT2D eigenvalue weighted by atomic mass is 9.98. The van der Waals surface area contributed by atoms with E-state index in [2.05, 4.69) is 53.6 Å². The van der Waals surface area contributed by atoms with Crippen LogP contribution in [0.3, 0.4) is 0 Å². The van der Waals surface area contributed by atoms with E-state index in [4.69, 9.17) is 0 Å². The SMILES string of the molecule is CCCCN(CCCC)C(=O)c1ccc2c(c1)/C(=C(/Nc1ccc(CN3CCCCC3)cc1)c1ccccc1)C(=O)N2. The maximum atomic E-state index is 13.6. The molecule has 42 heavy (non-hydrogen) atoms. The molecule has 0 unspecified atom stereocenters. The molecule has 2 N–H and O–H groups in total. The number of likely N-dealkylation sites (tertiary alicyclic amines) is 1. The lowest BCUT2D eigenvalue weighted by Crippen LogP contribution is -2.33. The fourth-order valence-electron chi connectivity index (χ4n) is 5.84. The molecule has 0 spiro atoms. The molecule has 1 fully saturated rings. The summed E-state index contributed by atoms with van der Waals surface area (Å²) in [6.07, 6.45) is 7.92. The van der Waals surface area contributed by atoms with Gasteiger partial charge < -0.3 is 15.5 Å². The Labute approximate surface area is 250 Å². The first-order valence-electron chi connectivity index (χ1n) is 15.7. The highest BCUT2D eigenvalue weighted by atomic mass is 16.2. The molecule has 0 radical (unpaired) electrons. The first-order valence-corrected chi connectivity index (χ1v) is 15.7. The molecule has 2 aliphatic heterocycles. The molecule has 0 bridgehead atoms. The van der Waals surface area contributed by atoms with Gasteiger partial charge in [-0.15, -0.1) is 0 Å². The number of carbonyl (C=O) groups is 2. The van der Waals surface area contributed by atoms with Crippen LogP contribution in [0.1, 0.15) is 85.8 Å². The third kappa shape index (κ3) is 7.11. The van der Waals surface area contributed by atoms with E-state index in [0.29, 0.717) is 11.1 Å². The Morgan fingerprint density at radius 3 is 2.21 bits per heavy atom. The molecule has 3 aromatic rings. The van der Waals surface area contributed by atoms with Crippen molar-refractivity contribution in [2.75, 3.05) is 36.8 Å². The second-order valence-corrected chi connectivity index (χ2v) is 11.5. The van der Waals surface area contributed by atoms with Crippen molar-refractivity contribution < 1.29 is 9.59 Å². The van der Waals surface area contributed by atoms with E-state index in [-0.39, 0.29) is 11.8 Å². The first-order chi connectivity index (χ1) is 20.6. The van der Waals surface area contributed by atoms with Crippen LogP contribution in [0.15, 0.2) is 72.8 Å². The van der Waals surface area contributed by atoms with E-state index in [1.165, 1.54) is 24.8 Å². The molecule has 2 heterocycles. The minimum Gasteiger partial charge on any atom is -0.354 e. The lowest BCUT2D eigenvalue weighted by Gasteiger charge is -2.26. The fourth-order valence-corrected chi connectivity index (χ4v) is 5.84. The third-order valence-corrected chi connectivity index (χ3v) is 8.25. The Hall–Kier alpha value is -3.90. The highest BCUT2D eigenvalue weighted by molar-refractivity contribution is 6.37. The maximum Gasteiger partial charge on any atom is 0.258 e. The third-order valence-electron chi connectivity index (χ3n) is 8.25. The number of hydrogen-bond donors (Lipinski definition) is 2. The highest BCUT2D eigenvalue weighted by Crippen LogP contribution is 2.38. The number of unbranched alkanes of at least 4 members (excludes halogenated alkanes) is 2. The number of hydrogen-bond acceptors (Lipinski definition) is 4. The van der Waals surface area contributed by atoms with E-state index in [1.807, 2.05) is 53.4 Å². The van der Waals surface area contributed by atoms with Crippen LogP contribution in [-0.2, 0) is 11.3 Å². The zero-order valence-corrected chi connectivity index (χ0v) is 25.1. The minimum atomic E-state index is -0.170. The van der Waals surface area contributed by atoms with Crippen LogP contribution in [0, 0.1) is 0 Å². The Kier molecular flexibility index (Phi) is 10.1. The summed E-state index contributed by atoms with van der Waals surface area (Å²) in [6.45, 7) is 9.08. The molecule has 6 nitrogen and oxygen atoms in total. The normalized spacial score (nSPS) is 16.1. The van der Waals surface area contributed by atoms with Gasteiger partial charge in [0.2, 0.25) is 0 Å². The van der Waals surface area contributed by atoms with E-state index in [1.54, 1.807) is 0 Å². The lowest BCUT2D eigenvalue weighted by molar-refractivity contribution is -0.110. The van der Waals surface area contributed by atoms with Crippen LogP contribution in [0.25, 0.3) is 11.3 Å². The smallest absolute Gasteiger partial charge is 0.258 e. The summed E-state index contributed by atoms with van der Waals surface area (Å²) < 4.78 is 0. The first kappa shape index (κ1) is 29.6. The summed E-state index contributed by atoms with van der Waals surface area (Å²) >= 11 is 0. The quantitative estimate of drug-likeness (QED) is 0.222. The average Bonchev–Trinajstić information content (AvgIpc) is 3.36. The van der Waals surface area contributed by atoms with Crippen molar-refractivity contribution in [1.82, 2.24) is 9.80 Å². The molecule has 2 amide bonds. The molecule has 6 heteroatoms. The van der Waals surface area contributed by atoms with Crippen LogP contribution in [0.4, 0.5) is 11.4 Å². The number of fused-ring (bicyclic) bond motifs is 1. The number of amides is 2. The summed E-state index contributed by atoms with van der Waals surface area (Å²) in [6, 6.07) is 24.1. The number of nitrogens with one attached hydrogen (secondary N) is 2. The Morgan fingerprint density at radius 1 is 0.857 bits per heavy atom. The van der Waals surface area contributed by atoms with Gasteiger partial charge in [0.1, 0.15) is 0 Å². The van der Waals surface area contributed by atoms with Crippen molar-refractivity contribution in [2.45, 2.75) is 65.3 Å². The molecule has 1 saturated heterocycles. The molecule has 3 aromatic carbocycles. The van der Waals surface area contributed by atoms with Gasteiger partial charge >= 0.3 is 0 Å². The summed E-state index contributed by atoms with van der Waals surface area (Å²) in [4.78, 5) is 31.6. The number of carbonyl (C=O) groups excluding carboxylic acids is 2. The Morgan fingerprint density at radius 2 is 1.55 bits per heavy atom. The largest absolute Gasteiger partial charge is 0.354 e. The fraction of sp³-hybridized carbons (Fsp3) is 0.389. The maximum absolute atomic E-state index is 13.6. The number of anilines is 2. The van der Waals surface area contributed by atoms with Gasteiger partial charge in [-0.2, -0.15) is 0 Å². The summed E-state index contributed by atoms with van der Waals surface area (Å²) in [5, 5.41) is 6.61. The number of piperidine rings is 1. The monoisotopic (exact) mass is 564 g/mol. The highest BCUT2D eigenvalue weighted by Gasteiger charge is 2.30. The van der Waals surface area contributed by atoms with Crippen molar-refractivity contribution in [1.29, 1.82) is 0 Å². The molecule has 220 valence electrons. The molecule has 0 aromatic heterocycles. The van der Waals surface area contributed by atoms with Crippen molar-refractivity contribution >= 4 is 34.5 Å². The molecule has 0 aliphatic carbocycles. The molecular weight excluding hydrogens is 520 g/mol. The predicted molar refractivity (Wildman–Crippen MR) is 173 cm³/mol. The van der Waals surface area contributed by atoms with Crippen molar-refractivity contribution in [2.24, 2.45) is 0 Å². The van der Waals surface area contributed by atoms with Crippen LogP contribution in [0.2, 0.25) is 0 Å². The van der Waals surface area contributed by atoms with E-state index >= 15 is 0 Å². The summed E-state index contributed by atoms with van der Waals surface area (Å²) in [5.74, 6) is -0.145. The average molecular weight is 565 g/mol. The van der Waals surface area contributed by atoms with Crippen LogP contribution in [0.5, 0.6) is 0 Å². The van der Waals surface area contributed by atoms with Crippen molar-refractivity contribution in [3.8, 4) is 0 Å². The van der Waals surface area contributed by atoms with Gasteiger partial charge in [0.25, 0.3) is 11.8 Å². The van der Waals surface area contributed by atoms with E-state index in [9.17, 15) is 9.59 Å². The van der Waals surface area contributed by atoms with Crippen LogP contribution in [-0.4, -0.2) is 47.8 Å². The van der Waals surface area contributed by atoms with Gasteiger partial charge in [-0.1, -0.05) is 75.6 Å². The molecule has 0 atom stereocenters. The molecule has 2 aliphatic rings. The van der Waals surface area contributed by atoms with Crippen molar-refractivity contribution in [3.63, 3.8) is 0 Å². The molecule has 0 saturated carbocycles. The topological polar surface area (TPSA) is 64.7 Å². The van der Waals surface area contributed by atoms with Gasteiger partial charge in [-0.3, -0.25) is 14.5 Å². The standard InChI is InChI=1S/C36H44N4O2/c1-3-5-23-40(24-6-4-2)36(42)29-17-20-32-31(25-29)33(35(41)38-32)34(28-13-9-7-10-14-28)37-30-18-15-27(16-19-30)26-39-21-11-8-12-22-39/h7,9-10,13-20,25,37H,3-6,8,11-12,21-24,26H2,1-2H3,(H,38,41)/b34-33-. The second-order valence-electron chi connectivity index (χ2n) is 11.5. The van der Waals surface area contributed by atoms with Gasteiger partial charge in [0.15, 0.2) is 0 Å². The Bertz CT molecular complexity index is 1380. The number of nitrogens with zero attached hydrogens (tertiary/aromatic N) is 2. The van der Waals surface area contributed by atoms with Crippen LogP contribution >= 0.6 is 0 Å². The predicted octanol–water partition coefficient (Wildman–Crippen LogP) is 7.65. The minimum absolute atomic E-state index is 0.0249. The van der Waals surface area contributed by atoms with Gasteiger partial charge in [-0.25, -0.2) is 0 Å². The van der Waals surface area contributed by atoms with Gasteiger partial charge in [0.05, 0.1) is 11.3 Å². The van der Waals surface area contributed by atoms with Crippen LogP contribution < -0.4 is 10.6 Å². The van der Waals surface area contributed by atoms with Crippen molar-refractivity contribution in [3.05, 3.63) is 95.1 Å². The van der Waals surface area contributed by atoms with E-state index < -0.39 is 0 Å². The summed E-state index contributed by atoms with van der Waals surface area (Å²) in [5.41, 5.74) is 6.51. The molecule has 5 rings (SSSR count). The number of rotatable bonds is 12. The number of benzene rings is 3. The summed E-state index contributed by atoms with van der Waals surface area (Å²) in [7, 11) is 0. The van der Waals surface area contributed by atoms with Gasteiger partial charge in [-0.05, 0) is 80.2 Å². The zero-order valence-electron chi connectivity index (χ0n) is 25.1. The second kappa shape index (κ2) is 14.3. The Balaban J connectivity index is 1.47. The zero-order chi connectivity index (χ0) is 29.3. The van der Waals surface area contributed by atoms with Gasteiger partial charge in [0, 0.05) is 42.1 Å². The van der Waals surface area contributed by atoms with E-state index in [0.717, 1.165) is 86.6 Å². The molecular formula is C36H44N4O2.